The Morgan fingerprint density at radius 2 is 1.95 bits per heavy atom. The monoisotopic (exact) mass is 257 g/mol. The molecule has 0 aliphatic carbocycles. The van der Waals surface area contributed by atoms with Crippen molar-refractivity contribution in [3.63, 3.8) is 0 Å². The second kappa shape index (κ2) is 5.80. The van der Waals surface area contributed by atoms with Crippen molar-refractivity contribution < 1.29 is 4.74 Å². The van der Waals surface area contributed by atoms with Gasteiger partial charge in [0.2, 0.25) is 5.88 Å². The fourth-order valence-corrected chi connectivity index (χ4v) is 1.96. The molecule has 0 saturated carbocycles. The molecule has 0 fully saturated rings. The molecule has 0 bridgehead atoms. The second-order valence-electron chi connectivity index (χ2n) is 4.71. The van der Waals surface area contributed by atoms with Crippen molar-refractivity contribution in [2.75, 3.05) is 7.11 Å². The van der Waals surface area contributed by atoms with Crippen LogP contribution in [-0.2, 0) is 6.42 Å². The van der Waals surface area contributed by atoms with E-state index in [4.69, 9.17) is 10.5 Å². The summed E-state index contributed by atoms with van der Waals surface area (Å²) in [6.07, 6.45) is 2.23. The summed E-state index contributed by atoms with van der Waals surface area (Å²) in [7, 11) is 1.58. The number of methoxy groups -OCH3 is 1. The first-order chi connectivity index (χ1) is 9.10. The Morgan fingerprint density at radius 1 is 1.16 bits per heavy atom. The van der Waals surface area contributed by atoms with Crippen LogP contribution < -0.4 is 10.5 Å². The van der Waals surface area contributed by atoms with Gasteiger partial charge in [-0.05, 0) is 37.0 Å². The maximum atomic E-state index is 6.19. The Hall–Kier alpha value is -1.94. The van der Waals surface area contributed by atoms with Crippen LogP contribution in [0.15, 0.2) is 30.6 Å². The van der Waals surface area contributed by atoms with Gasteiger partial charge in [0, 0.05) is 6.07 Å². The zero-order valence-corrected chi connectivity index (χ0v) is 11.6. The molecule has 19 heavy (non-hydrogen) atoms. The van der Waals surface area contributed by atoms with Gasteiger partial charge in [-0.3, -0.25) is 0 Å². The van der Waals surface area contributed by atoms with Gasteiger partial charge < -0.3 is 10.5 Å². The van der Waals surface area contributed by atoms with E-state index < -0.39 is 0 Å². The van der Waals surface area contributed by atoms with E-state index in [0.717, 1.165) is 12.1 Å². The van der Waals surface area contributed by atoms with Crippen LogP contribution in [0.4, 0.5) is 0 Å². The maximum absolute atomic E-state index is 6.19. The number of ether oxygens (including phenoxy) is 1. The molecular formula is C15H19N3O. The first-order valence-corrected chi connectivity index (χ1v) is 6.28. The molecule has 0 spiro atoms. The lowest BCUT2D eigenvalue weighted by molar-refractivity contribution is 0.395. The van der Waals surface area contributed by atoms with Gasteiger partial charge in [0.1, 0.15) is 6.33 Å². The van der Waals surface area contributed by atoms with Crippen molar-refractivity contribution in [2.24, 2.45) is 5.73 Å². The number of benzene rings is 1. The van der Waals surface area contributed by atoms with Crippen molar-refractivity contribution in [1.82, 2.24) is 9.97 Å². The van der Waals surface area contributed by atoms with Crippen LogP contribution in [0, 0.1) is 13.8 Å². The number of nitrogens with zero attached hydrogens (tertiary/aromatic N) is 2. The van der Waals surface area contributed by atoms with Gasteiger partial charge in [-0.15, -0.1) is 0 Å². The lowest BCUT2D eigenvalue weighted by Gasteiger charge is -2.12. The van der Waals surface area contributed by atoms with Crippen molar-refractivity contribution in [1.29, 1.82) is 0 Å². The van der Waals surface area contributed by atoms with Crippen molar-refractivity contribution in [2.45, 2.75) is 26.3 Å². The number of hydrogen-bond donors (Lipinski definition) is 1. The first-order valence-electron chi connectivity index (χ1n) is 6.28. The predicted molar refractivity (Wildman–Crippen MR) is 75.1 cm³/mol. The van der Waals surface area contributed by atoms with Gasteiger partial charge in [0.05, 0.1) is 18.8 Å². The van der Waals surface area contributed by atoms with Crippen LogP contribution in [0.3, 0.4) is 0 Å². The van der Waals surface area contributed by atoms with E-state index in [9.17, 15) is 0 Å². The van der Waals surface area contributed by atoms with E-state index in [-0.39, 0.29) is 6.04 Å². The predicted octanol–water partition coefficient (Wildman–Crippen LogP) is 2.34. The van der Waals surface area contributed by atoms with E-state index in [2.05, 4.69) is 42.0 Å². The van der Waals surface area contributed by atoms with E-state index in [1.54, 1.807) is 13.2 Å². The average Bonchev–Trinajstić information content (AvgIpc) is 2.43. The van der Waals surface area contributed by atoms with Crippen LogP contribution in [0.1, 0.15) is 28.4 Å². The van der Waals surface area contributed by atoms with Crippen LogP contribution >= 0.6 is 0 Å². The molecule has 0 amide bonds. The lowest BCUT2D eigenvalue weighted by Crippen LogP contribution is -2.15. The molecule has 0 aliphatic rings. The molecule has 1 heterocycles. The molecule has 1 aromatic heterocycles. The zero-order valence-electron chi connectivity index (χ0n) is 11.6. The Balaban J connectivity index is 2.15. The van der Waals surface area contributed by atoms with E-state index in [1.807, 2.05) is 0 Å². The van der Waals surface area contributed by atoms with Crippen LogP contribution in [0.2, 0.25) is 0 Å². The third kappa shape index (κ3) is 3.29. The number of nitrogens with two attached hydrogens (primary N) is 1. The summed E-state index contributed by atoms with van der Waals surface area (Å²) in [5.74, 6) is 0.542. The highest BCUT2D eigenvalue weighted by Crippen LogP contribution is 2.18. The number of aryl methyl sites for hydroxylation is 2. The molecule has 0 saturated heterocycles. The minimum Gasteiger partial charge on any atom is -0.481 e. The van der Waals surface area contributed by atoms with Crippen LogP contribution in [-0.4, -0.2) is 17.1 Å². The van der Waals surface area contributed by atoms with Gasteiger partial charge in [-0.1, -0.05) is 18.2 Å². The largest absolute Gasteiger partial charge is 0.481 e. The van der Waals surface area contributed by atoms with Gasteiger partial charge in [-0.25, -0.2) is 9.97 Å². The minimum atomic E-state index is -0.154. The molecule has 0 radical (unpaired) electrons. The SMILES string of the molecule is COc1cc(C(N)Cc2ccc(C)c(C)c2)ncn1. The zero-order chi connectivity index (χ0) is 13.8. The lowest BCUT2D eigenvalue weighted by atomic mass is 10.00. The Kier molecular flexibility index (Phi) is 4.12. The Morgan fingerprint density at radius 3 is 2.63 bits per heavy atom. The van der Waals surface area contributed by atoms with Crippen LogP contribution in [0.25, 0.3) is 0 Å². The molecule has 0 aliphatic heterocycles. The van der Waals surface area contributed by atoms with E-state index in [1.165, 1.54) is 23.0 Å². The fraction of sp³-hybridized carbons (Fsp3) is 0.333. The Bertz CT molecular complexity index is 569. The number of rotatable bonds is 4. The molecule has 1 aromatic carbocycles. The molecule has 100 valence electrons. The first kappa shape index (κ1) is 13.5. The summed E-state index contributed by atoms with van der Waals surface area (Å²) < 4.78 is 5.08. The fourth-order valence-electron chi connectivity index (χ4n) is 1.96. The molecule has 2 N–H and O–H groups in total. The van der Waals surface area contributed by atoms with Gasteiger partial charge >= 0.3 is 0 Å². The standard InChI is InChI=1S/C15H19N3O/c1-10-4-5-12(6-11(10)2)7-13(16)14-8-15(19-3)18-9-17-14/h4-6,8-9,13H,7,16H2,1-3H3. The average molecular weight is 257 g/mol. The quantitative estimate of drug-likeness (QED) is 0.913. The number of hydrogen-bond acceptors (Lipinski definition) is 4. The highest BCUT2D eigenvalue weighted by molar-refractivity contribution is 5.31. The molecule has 2 aromatic rings. The third-order valence-corrected chi connectivity index (χ3v) is 3.28. The third-order valence-electron chi connectivity index (χ3n) is 3.28. The van der Waals surface area contributed by atoms with Gasteiger partial charge in [0.25, 0.3) is 0 Å². The second-order valence-corrected chi connectivity index (χ2v) is 4.71. The molecule has 1 atom stereocenters. The normalized spacial score (nSPS) is 12.2. The summed E-state index contributed by atoms with van der Waals surface area (Å²) in [4.78, 5) is 8.19. The summed E-state index contributed by atoms with van der Waals surface area (Å²) >= 11 is 0. The molecule has 2 rings (SSSR count). The van der Waals surface area contributed by atoms with E-state index >= 15 is 0 Å². The summed E-state index contributed by atoms with van der Waals surface area (Å²) in [6, 6.07) is 8.04. The minimum absolute atomic E-state index is 0.154. The molecule has 1 unspecified atom stereocenters. The number of aromatic nitrogens is 2. The van der Waals surface area contributed by atoms with E-state index in [0.29, 0.717) is 5.88 Å². The molecule has 4 heteroatoms. The highest BCUT2D eigenvalue weighted by Gasteiger charge is 2.10. The maximum Gasteiger partial charge on any atom is 0.216 e. The van der Waals surface area contributed by atoms with Crippen molar-refractivity contribution in [3.8, 4) is 5.88 Å². The summed E-state index contributed by atoms with van der Waals surface area (Å²) in [6.45, 7) is 4.21. The van der Waals surface area contributed by atoms with Gasteiger partial charge in [-0.2, -0.15) is 0 Å². The van der Waals surface area contributed by atoms with Gasteiger partial charge in [0.15, 0.2) is 0 Å². The smallest absolute Gasteiger partial charge is 0.216 e. The summed E-state index contributed by atoms with van der Waals surface area (Å²) in [5, 5.41) is 0. The topological polar surface area (TPSA) is 61.0 Å². The van der Waals surface area contributed by atoms with Crippen LogP contribution in [0.5, 0.6) is 5.88 Å². The Labute approximate surface area is 113 Å². The van der Waals surface area contributed by atoms with Crippen molar-refractivity contribution in [3.05, 3.63) is 53.0 Å². The summed E-state index contributed by atoms with van der Waals surface area (Å²) in [5.41, 5.74) is 10.8. The molecular weight excluding hydrogens is 238 g/mol. The van der Waals surface area contributed by atoms with Crippen molar-refractivity contribution >= 4 is 0 Å². The molecule has 4 nitrogen and oxygen atoms in total. The highest BCUT2D eigenvalue weighted by atomic mass is 16.5.